The number of hydrogen-bond donors (Lipinski definition) is 1. The highest BCUT2D eigenvalue weighted by atomic mass is 79.9. The minimum absolute atomic E-state index is 0.149. The van der Waals surface area contributed by atoms with E-state index < -0.39 is 6.10 Å². The van der Waals surface area contributed by atoms with Gasteiger partial charge in [-0.1, -0.05) is 28.1 Å². The average Bonchev–Trinajstić information content (AvgIpc) is 2.87. The first-order chi connectivity index (χ1) is 9.86. The maximum Gasteiger partial charge on any atom is 0.163 e. The number of aromatic nitrogens is 2. The minimum atomic E-state index is -0.768. The molecule has 1 aromatic carbocycles. The van der Waals surface area contributed by atoms with Gasteiger partial charge in [0, 0.05) is 10.5 Å². The monoisotopic (exact) mass is 352 g/mol. The number of aryl methyl sites for hydroxylation is 2. The minimum Gasteiger partial charge on any atom is -0.493 e. The van der Waals surface area contributed by atoms with Crippen LogP contribution in [-0.2, 0) is 0 Å². The van der Waals surface area contributed by atoms with Gasteiger partial charge in [0.25, 0.3) is 0 Å². The summed E-state index contributed by atoms with van der Waals surface area (Å²) in [5, 5.41) is 15.1. The molecular weight excluding hydrogens is 332 g/mol. The first-order valence-electron chi connectivity index (χ1n) is 6.92. The third-order valence-corrected chi connectivity index (χ3v) is 4.79. The molecule has 0 aliphatic rings. The second-order valence-corrected chi connectivity index (χ2v) is 6.30. The Morgan fingerprint density at radius 2 is 1.81 bits per heavy atom. The van der Waals surface area contributed by atoms with Gasteiger partial charge in [-0.2, -0.15) is 5.10 Å². The zero-order valence-electron chi connectivity index (χ0n) is 13.0. The molecule has 2 rings (SSSR count). The van der Waals surface area contributed by atoms with Gasteiger partial charge < -0.3 is 9.84 Å². The quantitative estimate of drug-likeness (QED) is 0.906. The van der Waals surface area contributed by atoms with Crippen molar-refractivity contribution in [2.45, 2.75) is 39.8 Å². The molecule has 0 spiro atoms. The molecule has 0 radical (unpaired) electrons. The van der Waals surface area contributed by atoms with Crippen LogP contribution in [0.15, 0.2) is 22.8 Å². The lowest BCUT2D eigenvalue weighted by atomic mass is 10.0. The lowest BCUT2D eigenvalue weighted by molar-refractivity contribution is 0.199. The van der Waals surface area contributed by atoms with Gasteiger partial charge in [-0.15, -0.1) is 0 Å². The largest absolute Gasteiger partial charge is 0.493 e. The predicted octanol–water partition coefficient (Wildman–Crippen LogP) is 3.93. The second-order valence-electron chi connectivity index (χ2n) is 5.51. The van der Waals surface area contributed by atoms with E-state index in [4.69, 9.17) is 4.74 Å². The van der Waals surface area contributed by atoms with Crippen LogP contribution >= 0.6 is 15.9 Å². The Balaban J connectivity index is 2.54. The molecule has 21 heavy (non-hydrogen) atoms. The van der Waals surface area contributed by atoms with Crippen LogP contribution in [0.4, 0.5) is 0 Å². The first-order valence-corrected chi connectivity index (χ1v) is 7.72. The molecule has 0 bridgehead atoms. The molecule has 1 N–H and O–H groups in total. The SMILES string of the molecule is COc1cnn(C(C)C)c1C(O)c1cc(C)c(Br)c(C)c1. The fourth-order valence-electron chi connectivity index (χ4n) is 2.48. The van der Waals surface area contributed by atoms with E-state index >= 15 is 0 Å². The van der Waals surface area contributed by atoms with Crippen LogP contribution in [0.5, 0.6) is 5.75 Å². The van der Waals surface area contributed by atoms with E-state index in [0.717, 1.165) is 21.2 Å². The molecule has 0 aliphatic carbocycles. The lowest BCUT2D eigenvalue weighted by Gasteiger charge is -2.19. The Bertz CT molecular complexity index is 627. The van der Waals surface area contributed by atoms with E-state index in [1.165, 1.54) is 0 Å². The van der Waals surface area contributed by atoms with Crippen molar-refractivity contribution in [3.05, 3.63) is 45.2 Å². The molecule has 1 atom stereocenters. The van der Waals surface area contributed by atoms with Crippen LogP contribution < -0.4 is 4.74 Å². The highest BCUT2D eigenvalue weighted by Crippen LogP contribution is 2.34. The summed E-state index contributed by atoms with van der Waals surface area (Å²) in [5.41, 5.74) is 3.72. The number of aliphatic hydroxyl groups excluding tert-OH is 1. The van der Waals surface area contributed by atoms with Gasteiger partial charge in [0.1, 0.15) is 11.8 Å². The number of benzene rings is 1. The van der Waals surface area contributed by atoms with Gasteiger partial charge in [0.2, 0.25) is 0 Å². The Morgan fingerprint density at radius 1 is 1.24 bits per heavy atom. The molecule has 2 aromatic rings. The fraction of sp³-hybridized carbons (Fsp3) is 0.438. The van der Waals surface area contributed by atoms with Crippen LogP contribution in [0.1, 0.15) is 48.4 Å². The molecule has 4 nitrogen and oxygen atoms in total. The van der Waals surface area contributed by atoms with Crippen molar-refractivity contribution < 1.29 is 9.84 Å². The van der Waals surface area contributed by atoms with Gasteiger partial charge in [-0.05, 0) is 44.4 Å². The van der Waals surface area contributed by atoms with Crippen molar-refractivity contribution in [2.24, 2.45) is 0 Å². The molecule has 0 aliphatic heterocycles. The van der Waals surface area contributed by atoms with E-state index in [9.17, 15) is 5.11 Å². The van der Waals surface area contributed by atoms with E-state index in [0.29, 0.717) is 11.4 Å². The lowest BCUT2D eigenvalue weighted by Crippen LogP contribution is -2.13. The maximum absolute atomic E-state index is 10.8. The maximum atomic E-state index is 10.8. The molecule has 5 heteroatoms. The zero-order valence-corrected chi connectivity index (χ0v) is 14.6. The van der Waals surface area contributed by atoms with Gasteiger partial charge in [-0.25, -0.2) is 0 Å². The smallest absolute Gasteiger partial charge is 0.163 e. The number of ether oxygens (including phenoxy) is 1. The normalized spacial score (nSPS) is 12.8. The van der Waals surface area contributed by atoms with Crippen molar-refractivity contribution in [1.29, 1.82) is 0 Å². The Kier molecular flexibility index (Phi) is 4.74. The molecular formula is C16H21BrN2O2. The van der Waals surface area contributed by atoms with Crippen molar-refractivity contribution in [2.75, 3.05) is 7.11 Å². The van der Waals surface area contributed by atoms with Crippen LogP contribution in [0.2, 0.25) is 0 Å². The molecule has 0 fully saturated rings. The molecule has 0 saturated carbocycles. The van der Waals surface area contributed by atoms with Gasteiger partial charge in [0.05, 0.1) is 13.3 Å². The summed E-state index contributed by atoms with van der Waals surface area (Å²) in [6.45, 7) is 8.09. The first kappa shape index (κ1) is 16.0. The number of methoxy groups -OCH3 is 1. The molecule has 0 amide bonds. The predicted molar refractivity (Wildman–Crippen MR) is 86.8 cm³/mol. The summed E-state index contributed by atoms with van der Waals surface area (Å²) in [6.07, 6.45) is 0.882. The zero-order chi connectivity index (χ0) is 15.7. The Hall–Kier alpha value is -1.33. The van der Waals surface area contributed by atoms with Gasteiger partial charge >= 0.3 is 0 Å². The van der Waals surface area contributed by atoms with Crippen molar-refractivity contribution >= 4 is 15.9 Å². The average molecular weight is 353 g/mol. The summed E-state index contributed by atoms with van der Waals surface area (Å²) in [4.78, 5) is 0. The second kappa shape index (κ2) is 6.20. The summed E-state index contributed by atoms with van der Waals surface area (Å²) < 4.78 is 8.22. The van der Waals surface area contributed by atoms with Gasteiger partial charge in [-0.3, -0.25) is 4.68 Å². The standard InChI is InChI=1S/C16H21BrN2O2/c1-9(2)19-15(13(21-5)8-18-19)16(20)12-6-10(3)14(17)11(4)7-12/h6-9,16,20H,1-5H3. The number of nitrogens with zero attached hydrogens (tertiary/aromatic N) is 2. The molecule has 1 aromatic heterocycles. The van der Waals surface area contributed by atoms with E-state index in [1.54, 1.807) is 18.0 Å². The molecule has 1 heterocycles. The molecule has 1 unspecified atom stereocenters. The topological polar surface area (TPSA) is 47.3 Å². The highest BCUT2D eigenvalue weighted by molar-refractivity contribution is 9.10. The Labute approximate surface area is 133 Å². The van der Waals surface area contributed by atoms with Crippen LogP contribution in [0.3, 0.4) is 0 Å². The van der Waals surface area contributed by atoms with Crippen molar-refractivity contribution in [1.82, 2.24) is 9.78 Å². The summed E-state index contributed by atoms with van der Waals surface area (Å²) in [6, 6.07) is 4.12. The van der Waals surface area contributed by atoms with Crippen LogP contribution in [0.25, 0.3) is 0 Å². The third-order valence-electron chi connectivity index (χ3n) is 3.54. The fourth-order valence-corrected chi connectivity index (χ4v) is 2.71. The third kappa shape index (κ3) is 2.99. The number of hydrogen-bond acceptors (Lipinski definition) is 3. The number of aliphatic hydroxyl groups is 1. The highest BCUT2D eigenvalue weighted by Gasteiger charge is 2.23. The van der Waals surface area contributed by atoms with Gasteiger partial charge in [0.15, 0.2) is 5.75 Å². The van der Waals surface area contributed by atoms with E-state index in [2.05, 4.69) is 21.0 Å². The molecule has 114 valence electrons. The van der Waals surface area contributed by atoms with Crippen LogP contribution in [0, 0.1) is 13.8 Å². The van der Waals surface area contributed by atoms with Crippen molar-refractivity contribution in [3.63, 3.8) is 0 Å². The summed E-state index contributed by atoms with van der Waals surface area (Å²) >= 11 is 3.55. The number of halogens is 1. The van der Waals surface area contributed by atoms with Crippen LogP contribution in [-0.4, -0.2) is 22.0 Å². The van der Waals surface area contributed by atoms with E-state index in [1.807, 2.05) is 39.8 Å². The Morgan fingerprint density at radius 3 is 2.29 bits per heavy atom. The molecule has 0 saturated heterocycles. The van der Waals surface area contributed by atoms with Crippen molar-refractivity contribution in [3.8, 4) is 5.75 Å². The van der Waals surface area contributed by atoms with E-state index in [-0.39, 0.29) is 6.04 Å². The number of rotatable bonds is 4. The summed E-state index contributed by atoms with van der Waals surface area (Å²) in [7, 11) is 1.59. The summed E-state index contributed by atoms with van der Waals surface area (Å²) in [5.74, 6) is 0.606.